The Hall–Kier alpha value is -1.28. The van der Waals surface area contributed by atoms with E-state index >= 15 is 0 Å². The van der Waals surface area contributed by atoms with E-state index < -0.39 is 0 Å². The second-order valence-electron chi connectivity index (χ2n) is 5.11. The first kappa shape index (κ1) is 15.8. The summed E-state index contributed by atoms with van der Waals surface area (Å²) in [5.74, 6) is 0.969. The van der Waals surface area contributed by atoms with E-state index in [4.69, 9.17) is 4.74 Å². The Morgan fingerprint density at radius 3 is 2.74 bits per heavy atom. The van der Waals surface area contributed by atoms with Gasteiger partial charge in [0.2, 0.25) is 0 Å². The van der Waals surface area contributed by atoms with Crippen LogP contribution in [0.15, 0.2) is 30.4 Å². The van der Waals surface area contributed by atoms with E-state index in [1.165, 1.54) is 11.1 Å². The van der Waals surface area contributed by atoms with Crippen molar-refractivity contribution in [1.82, 2.24) is 5.32 Å². The summed E-state index contributed by atoms with van der Waals surface area (Å²) < 4.78 is 5.91. The number of benzene rings is 1. The van der Waals surface area contributed by atoms with Crippen LogP contribution in [-0.2, 0) is 0 Å². The van der Waals surface area contributed by atoms with Crippen LogP contribution in [0.25, 0.3) is 0 Å². The molecule has 1 aromatic carbocycles. The highest BCUT2D eigenvalue weighted by Gasteiger charge is 2.11. The molecule has 0 heterocycles. The fraction of sp³-hybridized carbons (Fsp3) is 0.529. The highest BCUT2D eigenvalue weighted by molar-refractivity contribution is 5.39. The highest BCUT2D eigenvalue weighted by atomic mass is 16.5. The maximum Gasteiger partial charge on any atom is 0.124 e. The van der Waals surface area contributed by atoms with Gasteiger partial charge >= 0.3 is 0 Å². The molecule has 0 amide bonds. The number of hydrogen-bond acceptors (Lipinski definition) is 2. The topological polar surface area (TPSA) is 21.3 Å². The molecule has 1 atom stereocenters. The Balaban J connectivity index is 2.81. The van der Waals surface area contributed by atoms with Crippen molar-refractivity contribution in [1.29, 1.82) is 0 Å². The Kier molecular flexibility index (Phi) is 6.65. The number of rotatable bonds is 8. The quantitative estimate of drug-likeness (QED) is 0.700. The zero-order valence-corrected chi connectivity index (χ0v) is 12.8. The molecule has 2 heteroatoms. The van der Waals surface area contributed by atoms with E-state index in [-0.39, 0.29) is 0 Å². The lowest BCUT2D eigenvalue weighted by atomic mass is 10.0. The third kappa shape index (κ3) is 5.07. The fourth-order valence-corrected chi connectivity index (χ4v) is 1.89. The minimum Gasteiger partial charge on any atom is -0.489 e. The molecule has 19 heavy (non-hydrogen) atoms. The largest absolute Gasteiger partial charge is 0.489 e. The molecule has 1 rings (SSSR count). The second kappa shape index (κ2) is 8.00. The van der Waals surface area contributed by atoms with Gasteiger partial charge in [0, 0.05) is 11.6 Å². The molecular weight excluding hydrogens is 234 g/mol. The van der Waals surface area contributed by atoms with Gasteiger partial charge in [-0.15, -0.1) is 0 Å². The number of nitrogens with one attached hydrogen (secondary N) is 1. The first-order chi connectivity index (χ1) is 9.08. The van der Waals surface area contributed by atoms with Crippen LogP contribution in [-0.4, -0.2) is 13.2 Å². The van der Waals surface area contributed by atoms with Gasteiger partial charge in [-0.1, -0.05) is 38.1 Å². The van der Waals surface area contributed by atoms with Gasteiger partial charge in [-0.05, 0) is 44.9 Å². The summed E-state index contributed by atoms with van der Waals surface area (Å²) in [6, 6.07) is 6.68. The molecule has 0 aliphatic rings. The molecule has 106 valence electrons. The third-order valence-corrected chi connectivity index (χ3v) is 3.26. The summed E-state index contributed by atoms with van der Waals surface area (Å²) in [5, 5.41) is 3.52. The van der Waals surface area contributed by atoms with Crippen LogP contribution >= 0.6 is 0 Å². The van der Waals surface area contributed by atoms with Gasteiger partial charge in [0.15, 0.2) is 0 Å². The standard InChI is InChI=1S/C17H27NO/c1-6-10-18-15(5)16-11-14(4)8-9-17(16)19-12-13(3)7-2/h8-9,11,15,18H,3,6-7,10,12H2,1-2,4-5H3. The van der Waals surface area contributed by atoms with Crippen molar-refractivity contribution in [2.75, 3.05) is 13.2 Å². The van der Waals surface area contributed by atoms with Crippen LogP contribution in [0.1, 0.15) is 50.8 Å². The minimum atomic E-state index is 0.310. The van der Waals surface area contributed by atoms with Crippen molar-refractivity contribution < 1.29 is 4.74 Å². The molecule has 0 bridgehead atoms. The molecule has 0 aromatic heterocycles. The molecule has 1 aromatic rings. The van der Waals surface area contributed by atoms with E-state index in [2.05, 4.69) is 57.8 Å². The van der Waals surface area contributed by atoms with Crippen LogP contribution in [0.2, 0.25) is 0 Å². The summed E-state index contributed by atoms with van der Waals surface area (Å²) in [5.41, 5.74) is 3.62. The van der Waals surface area contributed by atoms with Gasteiger partial charge in [-0.2, -0.15) is 0 Å². The first-order valence-electron chi connectivity index (χ1n) is 7.21. The first-order valence-corrected chi connectivity index (χ1v) is 7.21. The van der Waals surface area contributed by atoms with Crippen molar-refractivity contribution in [3.8, 4) is 5.75 Å². The van der Waals surface area contributed by atoms with Crippen molar-refractivity contribution in [3.63, 3.8) is 0 Å². The van der Waals surface area contributed by atoms with E-state index in [0.29, 0.717) is 12.6 Å². The molecule has 1 unspecified atom stereocenters. The van der Waals surface area contributed by atoms with Crippen molar-refractivity contribution >= 4 is 0 Å². The summed E-state index contributed by atoms with van der Waals surface area (Å²) >= 11 is 0. The maximum absolute atomic E-state index is 5.91. The van der Waals surface area contributed by atoms with E-state index in [1.807, 2.05) is 0 Å². The Morgan fingerprint density at radius 1 is 1.37 bits per heavy atom. The normalized spacial score (nSPS) is 12.2. The molecule has 2 nitrogen and oxygen atoms in total. The maximum atomic E-state index is 5.91. The summed E-state index contributed by atoms with van der Waals surface area (Å²) in [6.45, 7) is 14.2. The zero-order chi connectivity index (χ0) is 14.3. The molecule has 0 aliphatic heterocycles. The molecule has 0 fully saturated rings. The van der Waals surface area contributed by atoms with Gasteiger partial charge in [-0.25, -0.2) is 0 Å². The molecule has 0 aliphatic carbocycles. The molecular formula is C17H27NO. The van der Waals surface area contributed by atoms with Gasteiger partial charge < -0.3 is 10.1 Å². The van der Waals surface area contributed by atoms with Crippen LogP contribution in [0.3, 0.4) is 0 Å². The van der Waals surface area contributed by atoms with Gasteiger partial charge in [0.1, 0.15) is 12.4 Å². The van der Waals surface area contributed by atoms with E-state index in [9.17, 15) is 0 Å². The lowest BCUT2D eigenvalue weighted by Crippen LogP contribution is -2.20. The molecule has 0 spiro atoms. The number of ether oxygens (including phenoxy) is 1. The average Bonchev–Trinajstić information content (AvgIpc) is 2.42. The van der Waals surface area contributed by atoms with Gasteiger partial charge in [0.25, 0.3) is 0 Å². The van der Waals surface area contributed by atoms with Gasteiger partial charge in [0.05, 0.1) is 0 Å². The molecule has 0 saturated carbocycles. The smallest absolute Gasteiger partial charge is 0.124 e. The SMILES string of the molecule is C=C(CC)COc1ccc(C)cc1C(C)NCCC. The van der Waals surface area contributed by atoms with Crippen LogP contribution in [0.5, 0.6) is 5.75 Å². The Bertz CT molecular complexity index is 412. The van der Waals surface area contributed by atoms with Crippen molar-refractivity contribution in [2.45, 2.75) is 46.6 Å². The summed E-state index contributed by atoms with van der Waals surface area (Å²) in [7, 11) is 0. The van der Waals surface area contributed by atoms with Crippen LogP contribution < -0.4 is 10.1 Å². The third-order valence-electron chi connectivity index (χ3n) is 3.26. The van der Waals surface area contributed by atoms with Gasteiger partial charge in [-0.3, -0.25) is 0 Å². The van der Waals surface area contributed by atoms with Crippen LogP contribution in [0.4, 0.5) is 0 Å². The predicted molar refractivity (Wildman–Crippen MR) is 82.8 cm³/mol. The molecule has 0 saturated heterocycles. The lowest BCUT2D eigenvalue weighted by Gasteiger charge is -2.19. The average molecular weight is 261 g/mol. The fourth-order valence-electron chi connectivity index (χ4n) is 1.89. The number of hydrogen-bond donors (Lipinski definition) is 1. The summed E-state index contributed by atoms with van der Waals surface area (Å²) in [6.07, 6.45) is 2.10. The summed E-state index contributed by atoms with van der Waals surface area (Å²) in [4.78, 5) is 0. The predicted octanol–water partition coefficient (Wildman–Crippen LogP) is 4.40. The van der Waals surface area contributed by atoms with E-state index in [0.717, 1.165) is 30.7 Å². The van der Waals surface area contributed by atoms with Crippen LogP contribution in [0, 0.1) is 6.92 Å². The monoisotopic (exact) mass is 261 g/mol. The Morgan fingerprint density at radius 2 is 2.11 bits per heavy atom. The van der Waals surface area contributed by atoms with E-state index in [1.54, 1.807) is 0 Å². The molecule has 0 radical (unpaired) electrons. The zero-order valence-electron chi connectivity index (χ0n) is 12.8. The van der Waals surface area contributed by atoms with Crippen molar-refractivity contribution in [3.05, 3.63) is 41.5 Å². The second-order valence-corrected chi connectivity index (χ2v) is 5.11. The Labute approximate surface area is 117 Å². The lowest BCUT2D eigenvalue weighted by molar-refractivity contribution is 0.341. The molecule has 1 N–H and O–H groups in total. The number of aryl methyl sites for hydroxylation is 1. The van der Waals surface area contributed by atoms with Crippen molar-refractivity contribution in [2.24, 2.45) is 0 Å². The minimum absolute atomic E-state index is 0.310. The highest BCUT2D eigenvalue weighted by Crippen LogP contribution is 2.26.